The van der Waals surface area contributed by atoms with Crippen LogP contribution in [0.2, 0.25) is 5.02 Å². The number of rotatable bonds is 5. The van der Waals surface area contributed by atoms with Gasteiger partial charge in [-0.3, -0.25) is 15.1 Å². The van der Waals surface area contributed by atoms with Crippen molar-refractivity contribution >= 4 is 51.2 Å². The van der Waals surface area contributed by atoms with Gasteiger partial charge in [0, 0.05) is 17.3 Å². The van der Waals surface area contributed by atoms with Gasteiger partial charge in [0.25, 0.3) is 0 Å². The molecule has 0 aliphatic heterocycles. The van der Waals surface area contributed by atoms with E-state index in [0.717, 1.165) is 23.8 Å². The Morgan fingerprint density at radius 3 is 2.41 bits per heavy atom. The standard InChI is InChI=1S/C20H12ClF3N6O2/c21-14-7-6-12(9-13(14)20(22,23)24)28-18-17(30(31)32)19(27-10-26-18)29-15-5-1-3-11-4-2-8-25-16(11)15/h1-10H,(H2,26,27,28,29). The average Bonchev–Trinajstić information content (AvgIpc) is 2.74. The van der Waals surface area contributed by atoms with Gasteiger partial charge in [-0.1, -0.05) is 29.8 Å². The predicted octanol–water partition coefficient (Wildman–Crippen LogP) is 6.09. The quantitative estimate of drug-likeness (QED) is 0.274. The molecule has 2 aromatic heterocycles. The number of pyridine rings is 1. The van der Waals surface area contributed by atoms with E-state index >= 15 is 0 Å². The molecule has 0 fully saturated rings. The summed E-state index contributed by atoms with van der Waals surface area (Å²) in [5, 5.41) is 17.5. The highest BCUT2D eigenvalue weighted by Crippen LogP contribution is 2.38. The molecule has 0 unspecified atom stereocenters. The van der Waals surface area contributed by atoms with Crippen LogP contribution in [0, 0.1) is 10.1 Å². The van der Waals surface area contributed by atoms with Gasteiger partial charge in [-0.05, 0) is 30.3 Å². The first kappa shape index (κ1) is 21.2. The fraction of sp³-hybridized carbons (Fsp3) is 0.0500. The first-order valence-electron chi connectivity index (χ1n) is 8.98. The number of hydrogen-bond acceptors (Lipinski definition) is 7. The Balaban J connectivity index is 1.74. The topological polar surface area (TPSA) is 106 Å². The summed E-state index contributed by atoms with van der Waals surface area (Å²) < 4.78 is 39.4. The zero-order valence-corrected chi connectivity index (χ0v) is 16.6. The smallest absolute Gasteiger partial charge is 0.334 e. The lowest BCUT2D eigenvalue weighted by molar-refractivity contribution is -0.383. The van der Waals surface area contributed by atoms with E-state index < -0.39 is 27.4 Å². The van der Waals surface area contributed by atoms with Crippen LogP contribution < -0.4 is 10.6 Å². The Kier molecular flexibility index (Phi) is 5.49. The maximum absolute atomic E-state index is 13.1. The highest BCUT2D eigenvalue weighted by atomic mass is 35.5. The lowest BCUT2D eigenvalue weighted by Crippen LogP contribution is -2.08. The van der Waals surface area contributed by atoms with Crippen molar-refractivity contribution in [1.29, 1.82) is 0 Å². The van der Waals surface area contributed by atoms with Crippen LogP contribution in [-0.2, 0) is 6.18 Å². The number of nitrogens with one attached hydrogen (secondary N) is 2. The van der Waals surface area contributed by atoms with Gasteiger partial charge >= 0.3 is 11.9 Å². The molecule has 2 N–H and O–H groups in total. The van der Waals surface area contributed by atoms with Crippen LogP contribution in [0.3, 0.4) is 0 Å². The number of alkyl halides is 3. The van der Waals surface area contributed by atoms with Gasteiger partial charge in [0.05, 0.1) is 26.7 Å². The SMILES string of the molecule is O=[N+]([O-])c1c(Nc2ccc(Cl)c(C(F)(F)F)c2)ncnc1Nc1cccc2cccnc12. The van der Waals surface area contributed by atoms with E-state index in [1.165, 1.54) is 6.07 Å². The molecule has 0 bridgehead atoms. The summed E-state index contributed by atoms with van der Waals surface area (Å²) in [5.41, 5.74) is -0.696. The first-order chi connectivity index (χ1) is 15.2. The van der Waals surface area contributed by atoms with Crippen LogP contribution in [0.5, 0.6) is 0 Å². The third-order valence-electron chi connectivity index (χ3n) is 4.43. The molecule has 0 radical (unpaired) electrons. The highest BCUT2D eigenvalue weighted by Gasteiger charge is 2.33. The minimum Gasteiger partial charge on any atom is -0.334 e. The number of para-hydroxylation sites is 1. The highest BCUT2D eigenvalue weighted by molar-refractivity contribution is 6.31. The second-order valence-electron chi connectivity index (χ2n) is 6.50. The molecular weight excluding hydrogens is 449 g/mol. The van der Waals surface area contributed by atoms with Crippen LogP contribution in [-0.4, -0.2) is 19.9 Å². The second-order valence-corrected chi connectivity index (χ2v) is 6.91. The molecule has 32 heavy (non-hydrogen) atoms. The van der Waals surface area contributed by atoms with E-state index in [-0.39, 0.29) is 17.3 Å². The fourth-order valence-corrected chi connectivity index (χ4v) is 3.25. The molecule has 2 heterocycles. The maximum atomic E-state index is 13.1. The largest absolute Gasteiger partial charge is 0.417 e. The number of benzene rings is 2. The number of hydrogen-bond donors (Lipinski definition) is 2. The molecule has 0 atom stereocenters. The normalized spacial score (nSPS) is 11.4. The average molecular weight is 461 g/mol. The lowest BCUT2D eigenvalue weighted by atomic mass is 10.2. The third kappa shape index (κ3) is 4.23. The first-order valence-corrected chi connectivity index (χ1v) is 9.36. The van der Waals surface area contributed by atoms with Crippen molar-refractivity contribution < 1.29 is 18.1 Å². The van der Waals surface area contributed by atoms with Crippen molar-refractivity contribution in [3.8, 4) is 0 Å². The van der Waals surface area contributed by atoms with Crippen LogP contribution in [0.1, 0.15) is 5.56 Å². The number of anilines is 4. The van der Waals surface area contributed by atoms with Gasteiger partial charge in [-0.15, -0.1) is 0 Å². The zero-order chi connectivity index (χ0) is 22.9. The van der Waals surface area contributed by atoms with Crippen LogP contribution in [0.25, 0.3) is 10.9 Å². The van der Waals surface area contributed by atoms with E-state index in [4.69, 9.17) is 11.6 Å². The van der Waals surface area contributed by atoms with E-state index in [1.54, 1.807) is 24.4 Å². The van der Waals surface area contributed by atoms with Crippen molar-refractivity contribution in [1.82, 2.24) is 15.0 Å². The molecule has 0 saturated heterocycles. The van der Waals surface area contributed by atoms with E-state index in [1.807, 2.05) is 12.1 Å². The summed E-state index contributed by atoms with van der Waals surface area (Å²) in [7, 11) is 0. The Hall–Kier alpha value is -3.99. The monoisotopic (exact) mass is 460 g/mol. The van der Waals surface area contributed by atoms with Crippen LogP contribution in [0.15, 0.2) is 61.1 Å². The number of halogens is 4. The molecule has 2 aromatic carbocycles. The number of fused-ring (bicyclic) bond motifs is 1. The molecule has 4 aromatic rings. The maximum Gasteiger partial charge on any atom is 0.417 e. The van der Waals surface area contributed by atoms with Crippen LogP contribution in [0.4, 0.5) is 41.9 Å². The molecule has 0 spiro atoms. The zero-order valence-electron chi connectivity index (χ0n) is 15.9. The van der Waals surface area contributed by atoms with Gasteiger partial charge in [-0.2, -0.15) is 13.2 Å². The Morgan fingerprint density at radius 1 is 0.969 bits per heavy atom. The van der Waals surface area contributed by atoms with Gasteiger partial charge in [-0.25, -0.2) is 9.97 Å². The molecule has 0 aliphatic carbocycles. The summed E-state index contributed by atoms with van der Waals surface area (Å²) in [6, 6.07) is 11.9. The fourth-order valence-electron chi connectivity index (χ4n) is 3.02. The van der Waals surface area contributed by atoms with Gasteiger partial charge in [0.2, 0.25) is 11.6 Å². The molecule has 12 heteroatoms. The number of nitrogens with zero attached hydrogens (tertiary/aromatic N) is 4. The molecule has 4 rings (SSSR count). The molecule has 0 amide bonds. The molecule has 162 valence electrons. The van der Waals surface area contributed by atoms with Gasteiger partial charge in [0.1, 0.15) is 6.33 Å². The van der Waals surface area contributed by atoms with Gasteiger partial charge < -0.3 is 10.6 Å². The van der Waals surface area contributed by atoms with Crippen molar-refractivity contribution in [3.63, 3.8) is 0 Å². The Labute approximate surface area is 183 Å². The van der Waals surface area contributed by atoms with Crippen LogP contribution >= 0.6 is 11.6 Å². The molecule has 0 saturated carbocycles. The van der Waals surface area contributed by atoms with Crippen molar-refractivity contribution in [2.75, 3.05) is 10.6 Å². The lowest BCUT2D eigenvalue weighted by Gasteiger charge is -2.13. The van der Waals surface area contributed by atoms with Crippen molar-refractivity contribution in [2.45, 2.75) is 6.18 Å². The summed E-state index contributed by atoms with van der Waals surface area (Å²) in [4.78, 5) is 23.1. The number of aromatic nitrogens is 3. The van der Waals surface area contributed by atoms with E-state index in [9.17, 15) is 23.3 Å². The van der Waals surface area contributed by atoms with Gasteiger partial charge in [0.15, 0.2) is 0 Å². The van der Waals surface area contributed by atoms with E-state index in [2.05, 4.69) is 25.6 Å². The Bertz CT molecular complexity index is 1330. The summed E-state index contributed by atoms with van der Waals surface area (Å²) in [5.74, 6) is -0.452. The molecule has 8 nitrogen and oxygen atoms in total. The molecule has 0 aliphatic rings. The summed E-state index contributed by atoms with van der Waals surface area (Å²) in [6.07, 6.45) is -2.06. The molecular formula is C20H12ClF3N6O2. The predicted molar refractivity (Wildman–Crippen MR) is 113 cm³/mol. The minimum absolute atomic E-state index is 0.0821. The van der Waals surface area contributed by atoms with E-state index in [0.29, 0.717) is 11.2 Å². The minimum atomic E-state index is -4.69. The number of nitro groups is 1. The van der Waals surface area contributed by atoms with Crippen molar-refractivity contribution in [3.05, 3.63) is 81.8 Å². The summed E-state index contributed by atoms with van der Waals surface area (Å²) >= 11 is 5.63. The third-order valence-corrected chi connectivity index (χ3v) is 4.75. The van der Waals surface area contributed by atoms with Crippen molar-refractivity contribution in [2.24, 2.45) is 0 Å². The second kappa shape index (κ2) is 8.27. The Morgan fingerprint density at radius 2 is 1.69 bits per heavy atom. The summed E-state index contributed by atoms with van der Waals surface area (Å²) in [6.45, 7) is 0.